The van der Waals surface area contributed by atoms with E-state index in [0.717, 1.165) is 21.3 Å². The highest BCUT2D eigenvalue weighted by atomic mass is 79.9. The number of halogens is 2. The van der Waals surface area contributed by atoms with Crippen LogP contribution in [-0.2, 0) is 6.54 Å². The van der Waals surface area contributed by atoms with E-state index in [0.29, 0.717) is 6.04 Å². The van der Waals surface area contributed by atoms with Crippen molar-refractivity contribution in [2.24, 2.45) is 5.92 Å². The van der Waals surface area contributed by atoms with Crippen LogP contribution in [0.3, 0.4) is 0 Å². The van der Waals surface area contributed by atoms with E-state index in [1.54, 1.807) is 11.3 Å². The average Bonchev–Trinajstić information content (AvgIpc) is 2.86. The molecule has 0 amide bonds. The van der Waals surface area contributed by atoms with Crippen molar-refractivity contribution in [3.8, 4) is 0 Å². The summed E-state index contributed by atoms with van der Waals surface area (Å²) >= 11 is 11.1. The van der Waals surface area contributed by atoms with Crippen molar-refractivity contribution in [1.82, 2.24) is 5.32 Å². The molecule has 2 rings (SSSR count). The van der Waals surface area contributed by atoms with Gasteiger partial charge in [0.05, 0.1) is 0 Å². The largest absolute Gasteiger partial charge is 0.309 e. The Kier molecular flexibility index (Phi) is 4.71. The van der Waals surface area contributed by atoms with Crippen LogP contribution in [0, 0.1) is 5.92 Å². The molecule has 0 spiro atoms. The molecule has 0 radical (unpaired) electrons. The second-order valence-electron chi connectivity index (χ2n) is 4.55. The minimum Gasteiger partial charge on any atom is -0.309 e. The van der Waals surface area contributed by atoms with E-state index in [1.165, 1.54) is 30.6 Å². The fourth-order valence-corrected chi connectivity index (χ4v) is 4.11. The lowest BCUT2D eigenvalue weighted by molar-refractivity contribution is 0.381. The number of thiophene rings is 1. The first kappa shape index (κ1) is 12.9. The number of hydrogen-bond acceptors (Lipinski definition) is 2. The first-order valence-corrected chi connectivity index (χ1v) is 7.82. The van der Waals surface area contributed by atoms with Gasteiger partial charge < -0.3 is 5.32 Å². The maximum Gasteiger partial charge on any atom is 0.107 e. The first-order chi connectivity index (χ1) is 7.66. The summed E-state index contributed by atoms with van der Waals surface area (Å²) in [6, 6.07) is 2.74. The van der Waals surface area contributed by atoms with Crippen molar-refractivity contribution in [2.45, 2.75) is 45.2 Å². The lowest BCUT2D eigenvalue weighted by Gasteiger charge is -2.19. The summed E-state index contributed by atoms with van der Waals surface area (Å²) in [5.41, 5.74) is 0. The van der Waals surface area contributed by atoms with Crippen LogP contribution >= 0.6 is 38.9 Å². The molecule has 0 aromatic carbocycles. The predicted molar refractivity (Wildman–Crippen MR) is 75.3 cm³/mol. The van der Waals surface area contributed by atoms with Crippen LogP contribution < -0.4 is 5.32 Å². The summed E-state index contributed by atoms with van der Waals surface area (Å²) in [6.45, 7) is 3.24. The molecule has 1 N–H and O–H groups in total. The minimum atomic E-state index is 0.627. The molecule has 1 aliphatic rings. The Morgan fingerprint density at radius 1 is 1.56 bits per heavy atom. The van der Waals surface area contributed by atoms with Gasteiger partial charge in [0.25, 0.3) is 0 Å². The number of rotatable bonds is 4. The molecule has 0 bridgehead atoms. The van der Waals surface area contributed by atoms with E-state index in [-0.39, 0.29) is 0 Å². The van der Waals surface area contributed by atoms with Crippen LogP contribution in [0.2, 0.25) is 4.34 Å². The summed E-state index contributed by atoms with van der Waals surface area (Å²) in [5, 5.41) is 3.61. The van der Waals surface area contributed by atoms with E-state index in [2.05, 4.69) is 34.2 Å². The third-order valence-electron chi connectivity index (χ3n) is 3.40. The standard InChI is InChI=1S/C12H17BrClNS/c1-8(9-4-2-3-5-9)15-7-10-6-11(13)12(14)16-10/h6,8-9,15H,2-5,7H2,1H3/t8-/m0/s1. The average molecular weight is 323 g/mol. The van der Waals surface area contributed by atoms with E-state index in [9.17, 15) is 0 Å². The van der Waals surface area contributed by atoms with Crippen LogP contribution in [0.4, 0.5) is 0 Å². The monoisotopic (exact) mass is 321 g/mol. The molecule has 4 heteroatoms. The minimum absolute atomic E-state index is 0.627. The van der Waals surface area contributed by atoms with Crippen LogP contribution in [0.25, 0.3) is 0 Å². The van der Waals surface area contributed by atoms with Crippen LogP contribution in [-0.4, -0.2) is 6.04 Å². The Morgan fingerprint density at radius 3 is 2.81 bits per heavy atom. The molecule has 16 heavy (non-hydrogen) atoms. The van der Waals surface area contributed by atoms with Gasteiger partial charge in [0.15, 0.2) is 0 Å². The van der Waals surface area contributed by atoms with Gasteiger partial charge in [-0.15, -0.1) is 11.3 Å². The van der Waals surface area contributed by atoms with Gasteiger partial charge in [-0.1, -0.05) is 24.4 Å². The molecule has 90 valence electrons. The lowest BCUT2D eigenvalue weighted by Crippen LogP contribution is -2.31. The molecule has 1 heterocycles. The molecule has 1 nitrogen and oxygen atoms in total. The molecule has 0 saturated heterocycles. The molecule has 1 atom stereocenters. The maximum atomic E-state index is 6.02. The van der Waals surface area contributed by atoms with Crippen molar-refractivity contribution in [3.05, 3.63) is 19.8 Å². The van der Waals surface area contributed by atoms with Gasteiger partial charge in [-0.2, -0.15) is 0 Å². The molecular formula is C12H17BrClNS. The zero-order valence-corrected chi connectivity index (χ0v) is 12.6. The van der Waals surface area contributed by atoms with Gasteiger partial charge in [-0.05, 0) is 47.7 Å². The number of nitrogens with one attached hydrogen (secondary N) is 1. The SMILES string of the molecule is C[C@H](NCc1cc(Br)c(Cl)s1)C1CCCC1. The highest BCUT2D eigenvalue weighted by Gasteiger charge is 2.21. The van der Waals surface area contributed by atoms with E-state index < -0.39 is 0 Å². The maximum absolute atomic E-state index is 6.02. The van der Waals surface area contributed by atoms with Crippen molar-refractivity contribution in [3.63, 3.8) is 0 Å². The van der Waals surface area contributed by atoms with E-state index in [4.69, 9.17) is 11.6 Å². The zero-order valence-electron chi connectivity index (χ0n) is 9.43. The molecule has 1 aromatic rings. The second-order valence-corrected chi connectivity index (χ2v) is 7.14. The molecule has 0 unspecified atom stereocenters. The molecule has 1 aliphatic carbocycles. The highest BCUT2D eigenvalue weighted by molar-refractivity contribution is 9.10. The van der Waals surface area contributed by atoms with Gasteiger partial charge >= 0.3 is 0 Å². The lowest BCUT2D eigenvalue weighted by atomic mass is 10.00. The first-order valence-electron chi connectivity index (χ1n) is 5.84. The predicted octanol–water partition coefficient (Wildman–Crippen LogP) is 4.83. The van der Waals surface area contributed by atoms with Crippen LogP contribution in [0.1, 0.15) is 37.5 Å². The quantitative estimate of drug-likeness (QED) is 0.837. The Morgan fingerprint density at radius 2 is 2.25 bits per heavy atom. The number of hydrogen-bond donors (Lipinski definition) is 1. The Bertz CT molecular complexity index is 327. The Hall–Kier alpha value is 0.430. The van der Waals surface area contributed by atoms with Crippen molar-refractivity contribution < 1.29 is 0 Å². The zero-order chi connectivity index (χ0) is 11.5. The van der Waals surface area contributed by atoms with Gasteiger partial charge in [-0.3, -0.25) is 0 Å². The third kappa shape index (κ3) is 3.22. The summed E-state index contributed by atoms with van der Waals surface area (Å²) < 4.78 is 1.87. The van der Waals surface area contributed by atoms with Crippen molar-refractivity contribution >= 4 is 38.9 Å². The summed E-state index contributed by atoms with van der Waals surface area (Å²) in [6.07, 6.45) is 5.60. The second kappa shape index (κ2) is 5.85. The fraction of sp³-hybridized carbons (Fsp3) is 0.667. The Labute approximate surface area is 115 Å². The van der Waals surface area contributed by atoms with E-state index in [1.807, 2.05) is 0 Å². The molecule has 1 aromatic heterocycles. The Balaban J connectivity index is 1.82. The third-order valence-corrected chi connectivity index (χ3v) is 5.88. The normalized spacial score (nSPS) is 19.2. The summed E-state index contributed by atoms with van der Waals surface area (Å²) in [7, 11) is 0. The van der Waals surface area contributed by atoms with E-state index >= 15 is 0 Å². The summed E-state index contributed by atoms with van der Waals surface area (Å²) in [4.78, 5) is 1.31. The molecular weight excluding hydrogens is 306 g/mol. The molecule has 0 aliphatic heterocycles. The van der Waals surface area contributed by atoms with Crippen molar-refractivity contribution in [2.75, 3.05) is 0 Å². The molecule has 1 saturated carbocycles. The van der Waals surface area contributed by atoms with Gasteiger partial charge in [0.1, 0.15) is 4.34 Å². The topological polar surface area (TPSA) is 12.0 Å². The van der Waals surface area contributed by atoms with Gasteiger partial charge in [0, 0.05) is 21.9 Å². The molecule has 1 fully saturated rings. The summed E-state index contributed by atoms with van der Waals surface area (Å²) in [5.74, 6) is 0.874. The van der Waals surface area contributed by atoms with Gasteiger partial charge in [0.2, 0.25) is 0 Å². The fourth-order valence-electron chi connectivity index (χ4n) is 2.36. The van der Waals surface area contributed by atoms with Crippen LogP contribution in [0.5, 0.6) is 0 Å². The smallest absolute Gasteiger partial charge is 0.107 e. The highest BCUT2D eigenvalue weighted by Crippen LogP contribution is 2.32. The van der Waals surface area contributed by atoms with Gasteiger partial charge in [-0.25, -0.2) is 0 Å². The van der Waals surface area contributed by atoms with Crippen molar-refractivity contribution in [1.29, 1.82) is 0 Å². The van der Waals surface area contributed by atoms with Crippen LogP contribution in [0.15, 0.2) is 10.5 Å².